The van der Waals surface area contributed by atoms with Gasteiger partial charge in [-0.05, 0) is 24.1 Å². The molecule has 0 aliphatic heterocycles. The second kappa shape index (κ2) is 4.08. The van der Waals surface area contributed by atoms with Crippen LogP contribution in [0.5, 0.6) is 0 Å². The lowest BCUT2D eigenvalue weighted by Gasteiger charge is -2.05. The van der Waals surface area contributed by atoms with E-state index in [1.165, 1.54) is 4.68 Å². The molecule has 5 heteroatoms. The third-order valence-corrected chi connectivity index (χ3v) is 2.87. The number of nitrogens with one attached hydrogen (secondary N) is 1. The number of hydrogen-bond donors (Lipinski definition) is 2. The van der Waals surface area contributed by atoms with E-state index in [0.717, 1.165) is 11.1 Å². The molecule has 1 unspecified atom stereocenters. The predicted octanol–water partition coefficient (Wildman–Crippen LogP) is 1.13. The van der Waals surface area contributed by atoms with Crippen LogP contribution in [-0.4, -0.2) is 20.9 Å². The smallest absolute Gasteiger partial charge is 0.306 e. The topological polar surface area (TPSA) is 75.1 Å². The number of rotatable bonds is 3. The van der Waals surface area contributed by atoms with Crippen molar-refractivity contribution >= 4 is 16.9 Å². The molecule has 2 N–H and O–H groups in total. The lowest BCUT2D eigenvalue weighted by Crippen LogP contribution is -2.12. The lowest BCUT2D eigenvalue weighted by atomic mass is 10.0. The van der Waals surface area contributed by atoms with E-state index in [4.69, 9.17) is 5.11 Å². The molecule has 2 aromatic rings. The van der Waals surface area contributed by atoms with E-state index < -0.39 is 11.9 Å². The maximum atomic E-state index is 11.6. The van der Waals surface area contributed by atoms with Crippen LogP contribution in [0.2, 0.25) is 0 Å². The second-order valence-electron chi connectivity index (χ2n) is 4.30. The molecule has 0 saturated carbocycles. The average Bonchev–Trinajstić information content (AvgIpc) is 2.54. The number of carboxylic acids is 1. The first-order valence-electron chi connectivity index (χ1n) is 5.39. The third kappa shape index (κ3) is 2.08. The number of aromatic nitrogens is 2. The first-order chi connectivity index (χ1) is 7.99. The number of carbonyl (C=O) groups is 1. The number of benzene rings is 1. The van der Waals surface area contributed by atoms with Crippen molar-refractivity contribution in [1.29, 1.82) is 0 Å². The highest BCUT2D eigenvalue weighted by molar-refractivity contribution is 5.78. The molecular weight excluding hydrogens is 220 g/mol. The SMILES string of the molecule is CC(Cc1ccc2c(=O)n(C)[nH]c2c1)C(=O)O. The zero-order chi connectivity index (χ0) is 12.6. The van der Waals surface area contributed by atoms with Gasteiger partial charge in [-0.1, -0.05) is 13.0 Å². The third-order valence-electron chi connectivity index (χ3n) is 2.87. The number of H-pyrrole nitrogens is 1. The molecule has 1 aromatic carbocycles. The lowest BCUT2D eigenvalue weighted by molar-refractivity contribution is -0.141. The van der Waals surface area contributed by atoms with Crippen molar-refractivity contribution in [2.45, 2.75) is 13.3 Å². The van der Waals surface area contributed by atoms with Gasteiger partial charge in [-0.2, -0.15) is 0 Å². The van der Waals surface area contributed by atoms with Gasteiger partial charge in [-0.25, -0.2) is 0 Å². The number of aromatic amines is 1. The number of fused-ring (bicyclic) bond motifs is 1. The van der Waals surface area contributed by atoms with Gasteiger partial charge in [0.15, 0.2) is 0 Å². The van der Waals surface area contributed by atoms with E-state index in [-0.39, 0.29) is 5.56 Å². The Balaban J connectivity index is 2.38. The van der Waals surface area contributed by atoms with Gasteiger partial charge >= 0.3 is 5.97 Å². The van der Waals surface area contributed by atoms with Crippen molar-refractivity contribution in [1.82, 2.24) is 9.78 Å². The van der Waals surface area contributed by atoms with E-state index in [1.54, 1.807) is 26.1 Å². The first-order valence-corrected chi connectivity index (χ1v) is 5.39. The zero-order valence-corrected chi connectivity index (χ0v) is 9.73. The molecule has 1 heterocycles. The molecule has 0 amide bonds. The summed E-state index contributed by atoms with van der Waals surface area (Å²) in [7, 11) is 1.65. The normalized spacial score (nSPS) is 12.8. The zero-order valence-electron chi connectivity index (χ0n) is 9.73. The highest BCUT2D eigenvalue weighted by Gasteiger charge is 2.12. The number of aryl methyl sites for hydroxylation is 1. The fraction of sp³-hybridized carbons (Fsp3) is 0.333. The van der Waals surface area contributed by atoms with Gasteiger partial charge in [0.1, 0.15) is 0 Å². The summed E-state index contributed by atoms with van der Waals surface area (Å²) >= 11 is 0. The van der Waals surface area contributed by atoms with Crippen LogP contribution in [0.4, 0.5) is 0 Å². The standard InChI is InChI=1S/C12H14N2O3/c1-7(12(16)17)5-8-3-4-9-10(6-8)13-14(2)11(9)15/h3-4,6-7,13H,5H2,1-2H3,(H,16,17). The van der Waals surface area contributed by atoms with Gasteiger partial charge < -0.3 is 5.11 Å². The van der Waals surface area contributed by atoms with Crippen LogP contribution in [0.3, 0.4) is 0 Å². The van der Waals surface area contributed by atoms with Crippen LogP contribution >= 0.6 is 0 Å². The molecule has 1 atom stereocenters. The molecule has 0 radical (unpaired) electrons. The van der Waals surface area contributed by atoms with E-state index in [1.807, 2.05) is 6.07 Å². The summed E-state index contributed by atoms with van der Waals surface area (Å²) in [5.41, 5.74) is 1.58. The molecular formula is C12H14N2O3. The summed E-state index contributed by atoms with van der Waals surface area (Å²) in [6.45, 7) is 1.67. The van der Waals surface area contributed by atoms with Crippen molar-refractivity contribution < 1.29 is 9.90 Å². The minimum absolute atomic E-state index is 0.0715. The van der Waals surface area contributed by atoms with Gasteiger partial charge in [0.05, 0.1) is 16.8 Å². The van der Waals surface area contributed by atoms with Gasteiger partial charge in [0, 0.05) is 7.05 Å². The monoisotopic (exact) mass is 234 g/mol. The van der Waals surface area contributed by atoms with Gasteiger partial charge in [0.2, 0.25) is 0 Å². The molecule has 2 rings (SSSR count). The van der Waals surface area contributed by atoms with E-state index in [0.29, 0.717) is 11.8 Å². The highest BCUT2D eigenvalue weighted by Crippen LogP contribution is 2.14. The quantitative estimate of drug-likeness (QED) is 0.835. The Morgan fingerprint density at radius 2 is 2.24 bits per heavy atom. The maximum Gasteiger partial charge on any atom is 0.306 e. The summed E-state index contributed by atoms with van der Waals surface area (Å²) in [6.07, 6.45) is 0.461. The Bertz CT molecular complexity index is 624. The van der Waals surface area contributed by atoms with Crippen LogP contribution in [-0.2, 0) is 18.3 Å². The summed E-state index contributed by atoms with van der Waals surface area (Å²) in [5.74, 6) is -1.24. The average molecular weight is 234 g/mol. The highest BCUT2D eigenvalue weighted by atomic mass is 16.4. The van der Waals surface area contributed by atoms with Crippen LogP contribution in [0.15, 0.2) is 23.0 Å². The maximum absolute atomic E-state index is 11.6. The molecule has 1 aromatic heterocycles. The first kappa shape index (κ1) is 11.4. The Labute approximate surface area is 97.7 Å². The molecule has 0 saturated heterocycles. The summed E-state index contributed by atoms with van der Waals surface area (Å²) < 4.78 is 1.41. The van der Waals surface area contributed by atoms with E-state index in [2.05, 4.69) is 5.10 Å². The van der Waals surface area contributed by atoms with Crippen molar-refractivity contribution in [2.75, 3.05) is 0 Å². The van der Waals surface area contributed by atoms with E-state index in [9.17, 15) is 9.59 Å². The van der Waals surface area contributed by atoms with Gasteiger partial charge in [-0.15, -0.1) is 0 Å². The van der Waals surface area contributed by atoms with Crippen LogP contribution in [0, 0.1) is 5.92 Å². The van der Waals surface area contributed by atoms with Crippen molar-refractivity contribution in [3.63, 3.8) is 0 Å². The van der Waals surface area contributed by atoms with Crippen molar-refractivity contribution in [3.8, 4) is 0 Å². The molecule has 0 spiro atoms. The Morgan fingerprint density at radius 3 is 2.88 bits per heavy atom. The number of nitrogens with zero attached hydrogens (tertiary/aromatic N) is 1. The Hall–Kier alpha value is -2.04. The minimum atomic E-state index is -0.813. The number of aliphatic carboxylic acids is 1. The molecule has 90 valence electrons. The van der Waals surface area contributed by atoms with Crippen LogP contribution < -0.4 is 5.56 Å². The summed E-state index contributed by atoms with van der Waals surface area (Å²) in [6, 6.07) is 5.37. The van der Waals surface area contributed by atoms with Crippen molar-refractivity contribution in [2.24, 2.45) is 13.0 Å². The van der Waals surface area contributed by atoms with Crippen molar-refractivity contribution in [3.05, 3.63) is 34.1 Å². The number of hydrogen-bond acceptors (Lipinski definition) is 2. The molecule has 0 bridgehead atoms. The number of carboxylic acid groups (broad SMARTS) is 1. The molecule has 17 heavy (non-hydrogen) atoms. The predicted molar refractivity (Wildman–Crippen MR) is 64.0 cm³/mol. The van der Waals surface area contributed by atoms with Gasteiger partial charge in [-0.3, -0.25) is 19.4 Å². The molecule has 5 nitrogen and oxygen atoms in total. The Morgan fingerprint density at radius 1 is 1.53 bits per heavy atom. The molecule has 0 fully saturated rings. The van der Waals surface area contributed by atoms with Crippen LogP contribution in [0.1, 0.15) is 12.5 Å². The minimum Gasteiger partial charge on any atom is -0.481 e. The van der Waals surface area contributed by atoms with Gasteiger partial charge in [0.25, 0.3) is 5.56 Å². The second-order valence-corrected chi connectivity index (χ2v) is 4.30. The largest absolute Gasteiger partial charge is 0.481 e. The van der Waals surface area contributed by atoms with E-state index >= 15 is 0 Å². The molecule has 0 aliphatic rings. The molecule has 0 aliphatic carbocycles. The Kier molecular flexibility index (Phi) is 2.75. The van der Waals surface area contributed by atoms with Crippen LogP contribution in [0.25, 0.3) is 10.9 Å². The summed E-state index contributed by atoms with van der Waals surface area (Å²) in [4.78, 5) is 22.4. The fourth-order valence-corrected chi connectivity index (χ4v) is 1.85. The fourth-order valence-electron chi connectivity index (χ4n) is 1.85. The summed E-state index contributed by atoms with van der Waals surface area (Å²) in [5, 5.41) is 12.4.